The van der Waals surface area contributed by atoms with Crippen LogP contribution in [0.1, 0.15) is 0 Å². The van der Waals surface area contributed by atoms with Crippen LogP contribution in [0.3, 0.4) is 0 Å². The second-order valence-electron chi connectivity index (χ2n) is 2.61. The Labute approximate surface area is 70.6 Å². The van der Waals surface area contributed by atoms with Crippen molar-refractivity contribution in [3.05, 3.63) is 22.8 Å². The largest absolute Gasteiger partial charge is 0.365 e. The Kier molecular flexibility index (Phi) is 1.54. The third kappa shape index (κ3) is 1.06. The first kappa shape index (κ1) is 7.54. The van der Waals surface area contributed by atoms with E-state index < -0.39 is 9.84 Å². The van der Waals surface area contributed by atoms with Crippen molar-refractivity contribution < 1.29 is 8.42 Å². The first-order valence-electron chi connectivity index (χ1n) is 3.57. The first-order chi connectivity index (χ1) is 5.70. The monoisotopic (exact) mass is 184 g/mol. The van der Waals surface area contributed by atoms with Crippen LogP contribution in [0.5, 0.6) is 0 Å². The third-order valence-corrected chi connectivity index (χ3v) is 3.40. The highest BCUT2D eigenvalue weighted by Gasteiger charge is 2.23. The van der Waals surface area contributed by atoms with Gasteiger partial charge in [0.25, 0.3) is 0 Å². The van der Waals surface area contributed by atoms with E-state index in [0.717, 1.165) is 0 Å². The van der Waals surface area contributed by atoms with Crippen molar-refractivity contribution in [1.29, 1.82) is 0 Å². The van der Waals surface area contributed by atoms with Crippen molar-refractivity contribution >= 4 is 16.1 Å². The summed E-state index contributed by atoms with van der Waals surface area (Å²) in [4.78, 5) is 4.17. The maximum absolute atomic E-state index is 11.4. The zero-order valence-corrected chi connectivity index (χ0v) is 7.13. The standard InChI is InChI=1S/C7H8N2O2S/c10-12(11)3-1-2-6-7(12)4-8-5-9-6/h1-2,4,9H,3,5H2. The van der Waals surface area contributed by atoms with Gasteiger partial charge in [0, 0.05) is 6.21 Å². The molecular formula is C7H8N2O2S. The van der Waals surface area contributed by atoms with Gasteiger partial charge in [-0.25, -0.2) is 8.42 Å². The van der Waals surface area contributed by atoms with E-state index in [1.807, 2.05) is 0 Å². The van der Waals surface area contributed by atoms with E-state index in [0.29, 0.717) is 17.3 Å². The fourth-order valence-electron chi connectivity index (χ4n) is 1.19. The fourth-order valence-corrected chi connectivity index (χ4v) is 2.43. The number of nitrogens with one attached hydrogen (secondary N) is 1. The van der Waals surface area contributed by atoms with Gasteiger partial charge in [0.2, 0.25) is 0 Å². The topological polar surface area (TPSA) is 58.5 Å². The van der Waals surface area contributed by atoms with Crippen molar-refractivity contribution in [3.8, 4) is 0 Å². The highest BCUT2D eigenvalue weighted by atomic mass is 32.2. The second-order valence-corrected chi connectivity index (χ2v) is 4.61. The van der Waals surface area contributed by atoms with Crippen LogP contribution in [-0.2, 0) is 9.84 Å². The molecule has 4 nitrogen and oxygen atoms in total. The highest BCUT2D eigenvalue weighted by molar-refractivity contribution is 7.96. The lowest BCUT2D eigenvalue weighted by molar-refractivity contribution is 0.604. The molecule has 0 amide bonds. The molecular weight excluding hydrogens is 176 g/mol. The molecule has 2 aliphatic rings. The Morgan fingerprint density at radius 1 is 1.50 bits per heavy atom. The minimum atomic E-state index is -3.10. The summed E-state index contributed by atoms with van der Waals surface area (Å²) in [5.74, 6) is 0.0829. The molecule has 0 radical (unpaired) electrons. The van der Waals surface area contributed by atoms with Gasteiger partial charge in [0.1, 0.15) is 11.6 Å². The Morgan fingerprint density at radius 2 is 2.33 bits per heavy atom. The van der Waals surface area contributed by atoms with Gasteiger partial charge in [-0.2, -0.15) is 0 Å². The van der Waals surface area contributed by atoms with Gasteiger partial charge in [0.05, 0.1) is 11.4 Å². The summed E-state index contributed by atoms with van der Waals surface area (Å²) < 4.78 is 22.8. The lowest BCUT2D eigenvalue weighted by Crippen LogP contribution is -2.26. The molecule has 0 aliphatic carbocycles. The zero-order valence-electron chi connectivity index (χ0n) is 6.32. The van der Waals surface area contributed by atoms with E-state index in [9.17, 15) is 8.42 Å². The molecule has 0 atom stereocenters. The first-order valence-corrected chi connectivity index (χ1v) is 5.23. The molecule has 0 spiro atoms. The molecule has 0 aromatic rings. The summed E-state index contributed by atoms with van der Waals surface area (Å²) in [5.41, 5.74) is 0.663. The van der Waals surface area contributed by atoms with Gasteiger partial charge < -0.3 is 5.32 Å². The molecule has 0 aromatic heterocycles. The van der Waals surface area contributed by atoms with Crippen LogP contribution >= 0.6 is 0 Å². The molecule has 0 bridgehead atoms. The van der Waals surface area contributed by atoms with E-state index in [2.05, 4.69) is 10.3 Å². The van der Waals surface area contributed by atoms with Gasteiger partial charge in [-0.3, -0.25) is 4.99 Å². The van der Waals surface area contributed by atoms with E-state index in [1.54, 1.807) is 12.2 Å². The lowest BCUT2D eigenvalue weighted by Gasteiger charge is -2.17. The molecule has 0 unspecified atom stereocenters. The van der Waals surface area contributed by atoms with Crippen LogP contribution in [-0.4, -0.2) is 27.1 Å². The van der Waals surface area contributed by atoms with Crippen molar-refractivity contribution in [3.63, 3.8) is 0 Å². The predicted molar refractivity (Wildman–Crippen MR) is 46.4 cm³/mol. The molecule has 0 saturated carbocycles. The molecule has 1 N–H and O–H groups in total. The van der Waals surface area contributed by atoms with Crippen LogP contribution in [0.15, 0.2) is 27.7 Å². The van der Waals surface area contributed by atoms with Gasteiger partial charge in [-0.15, -0.1) is 0 Å². The zero-order chi connectivity index (χ0) is 8.60. The maximum atomic E-state index is 11.4. The SMILES string of the molecule is O=S1(=O)CC=CC2=C1C=NCN2. The molecule has 12 heavy (non-hydrogen) atoms. The van der Waals surface area contributed by atoms with Gasteiger partial charge in [0.15, 0.2) is 9.84 Å². The van der Waals surface area contributed by atoms with Crippen molar-refractivity contribution in [2.45, 2.75) is 0 Å². The molecule has 0 saturated heterocycles. The van der Waals surface area contributed by atoms with Crippen molar-refractivity contribution in [2.24, 2.45) is 4.99 Å². The van der Waals surface area contributed by atoms with E-state index in [4.69, 9.17) is 0 Å². The minimum Gasteiger partial charge on any atom is -0.365 e. The predicted octanol–water partition coefficient (Wildman–Crippen LogP) is -0.186. The summed E-state index contributed by atoms with van der Waals surface area (Å²) in [6, 6.07) is 0. The summed E-state index contributed by atoms with van der Waals surface area (Å²) in [7, 11) is -3.10. The third-order valence-electron chi connectivity index (χ3n) is 1.77. The molecule has 0 aromatic carbocycles. The van der Waals surface area contributed by atoms with Crippen LogP contribution in [0.25, 0.3) is 0 Å². The molecule has 2 heterocycles. The number of aliphatic imine (C=N–C) groups is 1. The average Bonchev–Trinajstić information content (AvgIpc) is 2.04. The number of nitrogens with zero attached hydrogens (tertiary/aromatic N) is 1. The van der Waals surface area contributed by atoms with Gasteiger partial charge in [-0.1, -0.05) is 6.08 Å². The summed E-state index contributed by atoms with van der Waals surface area (Å²) >= 11 is 0. The van der Waals surface area contributed by atoms with Gasteiger partial charge >= 0.3 is 0 Å². The summed E-state index contributed by atoms with van der Waals surface area (Å²) in [6.45, 7) is 0.457. The van der Waals surface area contributed by atoms with Crippen molar-refractivity contribution in [2.75, 3.05) is 12.4 Å². The maximum Gasteiger partial charge on any atom is 0.185 e. The number of sulfone groups is 1. The van der Waals surface area contributed by atoms with E-state index in [1.165, 1.54) is 6.21 Å². The van der Waals surface area contributed by atoms with E-state index in [-0.39, 0.29) is 5.75 Å². The number of hydrogen-bond donors (Lipinski definition) is 1. The average molecular weight is 184 g/mol. The lowest BCUT2D eigenvalue weighted by atomic mass is 10.3. The van der Waals surface area contributed by atoms with E-state index >= 15 is 0 Å². The Morgan fingerprint density at radius 3 is 3.08 bits per heavy atom. The normalized spacial score (nSPS) is 25.0. The fraction of sp³-hybridized carbons (Fsp3) is 0.286. The molecule has 0 fully saturated rings. The Hall–Kier alpha value is -1.10. The van der Waals surface area contributed by atoms with Gasteiger partial charge in [-0.05, 0) is 6.08 Å². The van der Waals surface area contributed by atoms with Crippen LogP contribution < -0.4 is 5.32 Å². The Balaban J connectivity index is 2.58. The van der Waals surface area contributed by atoms with Crippen LogP contribution in [0.4, 0.5) is 0 Å². The minimum absolute atomic E-state index is 0.0829. The molecule has 64 valence electrons. The molecule has 2 aliphatic heterocycles. The quantitative estimate of drug-likeness (QED) is 0.568. The molecule has 2 rings (SSSR count). The second kappa shape index (κ2) is 2.45. The number of allylic oxidation sites excluding steroid dienone is 2. The highest BCUT2D eigenvalue weighted by Crippen LogP contribution is 2.17. The smallest absolute Gasteiger partial charge is 0.185 e. The Bertz CT molecular complexity index is 390. The summed E-state index contributed by atoms with van der Waals surface area (Å²) in [5, 5.41) is 2.89. The van der Waals surface area contributed by atoms with Crippen molar-refractivity contribution in [1.82, 2.24) is 5.32 Å². The van der Waals surface area contributed by atoms with Crippen LogP contribution in [0, 0.1) is 0 Å². The summed E-state index contributed by atoms with van der Waals surface area (Å²) in [6.07, 6.45) is 4.84. The van der Waals surface area contributed by atoms with Crippen LogP contribution in [0.2, 0.25) is 0 Å². The molecule has 5 heteroatoms. The number of rotatable bonds is 0. The number of hydrogen-bond acceptors (Lipinski definition) is 4.